The first-order valence-corrected chi connectivity index (χ1v) is 6.89. The van der Waals surface area contributed by atoms with E-state index in [4.69, 9.17) is 21.1 Å². The van der Waals surface area contributed by atoms with Crippen molar-refractivity contribution < 1.29 is 14.3 Å². The van der Waals surface area contributed by atoms with Gasteiger partial charge in [-0.05, 0) is 35.9 Å². The Morgan fingerprint density at radius 3 is 2.76 bits per heavy atom. The average Bonchev–Trinajstić information content (AvgIpc) is 2.53. The third-order valence-corrected chi connectivity index (χ3v) is 3.71. The Bertz CT molecular complexity index is 735. The van der Waals surface area contributed by atoms with Crippen LogP contribution in [0.15, 0.2) is 48.5 Å². The molecular weight excluding hydrogens is 288 g/mol. The van der Waals surface area contributed by atoms with Crippen LogP contribution in [0.4, 0.5) is 0 Å². The molecule has 3 nitrogen and oxygen atoms in total. The first kappa shape index (κ1) is 13.7. The van der Waals surface area contributed by atoms with Crippen LogP contribution in [0, 0.1) is 0 Å². The van der Waals surface area contributed by atoms with E-state index in [1.54, 1.807) is 18.2 Å². The van der Waals surface area contributed by atoms with E-state index in [1.807, 2.05) is 30.3 Å². The first-order chi connectivity index (χ1) is 10.2. The van der Waals surface area contributed by atoms with Crippen molar-refractivity contribution in [2.24, 2.45) is 0 Å². The highest BCUT2D eigenvalue weighted by Crippen LogP contribution is 2.37. The molecule has 106 valence electrons. The normalized spacial score (nSPS) is 13.0. The molecule has 1 aliphatic heterocycles. The molecule has 0 aromatic heterocycles. The lowest BCUT2D eigenvalue weighted by Crippen LogP contribution is -2.08. The number of carbonyl (C=O) groups is 1. The molecule has 0 radical (unpaired) electrons. The first-order valence-electron chi connectivity index (χ1n) is 6.51. The van der Waals surface area contributed by atoms with E-state index in [-0.39, 0.29) is 5.97 Å². The average molecular weight is 301 g/mol. The van der Waals surface area contributed by atoms with Crippen molar-refractivity contribution in [2.45, 2.75) is 0 Å². The van der Waals surface area contributed by atoms with Gasteiger partial charge in [-0.15, -0.1) is 0 Å². The number of carbonyl (C=O) groups excluding carboxylic acids is 1. The van der Waals surface area contributed by atoms with Crippen molar-refractivity contribution in [3.05, 3.63) is 70.3 Å². The number of ether oxygens (including phenoxy) is 2. The molecule has 0 saturated heterocycles. The van der Waals surface area contributed by atoms with Crippen LogP contribution in [0.5, 0.6) is 5.75 Å². The highest BCUT2D eigenvalue weighted by molar-refractivity contribution is 6.32. The molecule has 0 spiro atoms. The van der Waals surface area contributed by atoms with Crippen molar-refractivity contribution in [2.75, 3.05) is 13.7 Å². The molecule has 0 atom stereocenters. The summed E-state index contributed by atoms with van der Waals surface area (Å²) in [6.45, 7) is 0.477. The van der Waals surface area contributed by atoms with Crippen LogP contribution in [-0.2, 0) is 4.74 Å². The molecule has 4 heteroatoms. The van der Waals surface area contributed by atoms with Crippen LogP contribution in [0.2, 0.25) is 5.02 Å². The number of esters is 1. The number of rotatable bonds is 2. The lowest BCUT2D eigenvalue weighted by Gasteiger charge is -2.20. The number of hydrogen-bond acceptors (Lipinski definition) is 3. The Labute approximate surface area is 127 Å². The summed E-state index contributed by atoms with van der Waals surface area (Å²) >= 11 is 6.28. The summed E-state index contributed by atoms with van der Waals surface area (Å²) < 4.78 is 10.4. The van der Waals surface area contributed by atoms with E-state index in [1.165, 1.54) is 7.11 Å². The molecule has 0 N–H and O–H groups in total. The monoisotopic (exact) mass is 300 g/mol. The Morgan fingerprint density at radius 1 is 1.19 bits per heavy atom. The largest absolute Gasteiger partial charge is 0.489 e. The summed E-state index contributed by atoms with van der Waals surface area (Å²) in [6.07, 6.45) is 1.96. The van der Waals surface area contributed by atoms with Gasteiger partial charge in [0.05, 0.1) is 12.7 Å². The number of benzene rings is 2. The molecule has 2 aromatic rings. The Balaban J connectivity index is 2.13. The van der Waals surface area contributed by atoms with Gasteiger partial charge in [-0.1, -0.05) is 29.8 Å². The minimum Gasteiger partial charge on any atom is -0.489 e. The molecule has 0 amide bonds. The minimum absolute atomic E-state index is 0.373. The van der Waals surface area contributed by atoms with Crippen LogP contribution >= 0.6 is 11.6 Å². The van der Waals surface area contributed by atoms with Crippen LogP contribution in [0.25, 0.3) is 5.57 Å². The predicted molar refractivity (Wildman–Crippen MR) is 81.8 cm³/mol. The van der Waals surface area contributed by atoms with Gasteiger partial charge in [0, 0.05) is 16.1 Å². The quantitative estimate of drug-likeness (QED) is 0.788. The second kappa shape index (κ2) is 5.62. The Morgan fingerprint density at radius 2 is 2.00 bits per heavy atom. The third-order valence-electron chi connectivity index (χ3n) is 3.38. The summed E-state index contributed by atoms with van der Waals surface area (Å²) in [5, 5.41) is 0.667. The molecule has 21 heavy (non-hydrogen) atoms. The Kier molecular flexibility index (Phi) is 3.67. The van der Waals surface area contributed by atoms with Gasteiger partial charge < -0.3 is 9.47 Å². The maximum Gasteiger partial charge on any atom is 0.337 e. The molecule has 0 fully saturated rings. The molecule has 0 bridgehead atoms. The summed E-state index contributed by atoms with van der Waals surface area (Å²) in [5.74, 6) is 0.363. The molecule has 0 saturated carbocycles. The summed E-state index contributed by atoms with van der Waals surface area (Å²) in [7, 11) is 1.36. The second-order valence-corrected chi connectivity index (χ2v) is 5.02. The van der Waals surface area contributed by atoms with Crippen molar-refractivity contribution in [3.8, 4) is 5.75 Å². The smallest absolute Gasteiger partial charge is 0.337 e. The lowest BCUT2D eigenvalue weighted by molar-refractivity contribution is 0.0600. The third kappa shape index (κ3) is 2.52. The van der Waals surface area contributed by atoms with Crippen LogP contribution in [0.1, 0.15) is 21.5 Å². The van der Waals surface area contributed by atoms with E-state index >= 15 is 0 Å². The van der Waals surface area contributed by atoms with Gasteiger partial charge in [0.1, 0.15) is 12.4 Å². The van der Waals surface area contributed by atoms with E-state index in [9.17, 15) is 4.79 Å². The van der Waals surface area contributed by atoms with E-state index in [2.05, 4.69) is 0 Å². The zero-order valence-electron chi connectivity index (χ0n) is 11.4. The SMILES string of the molecule is COC(=O)c1ccc2c(c1)C(c1ccccc1Cl)=CCO2. The number of hydrogen-bond donors (Lipinski definition) is 0. The van der Waals surface area contributed by atoms with Crippen molar-refractivity contribution in [1.82, 2.24) is 0 Å². The molecule has 1 heterocycles. The summed E-state index contributed by atoms with van der Waals surface area (Å²) in [4.78, 5) is 11.7. The van der Waals surface area contributed by atoms with E-state index < -0.39 is 0 Å². The van der Waals surface area contributed by atoms with Crippen LogP contribution in [-0.4, -0.2) is 19.7 Å². The summed E-state index contributed by atoms with van der Waals surface area (Å²) in [6, 6.07) is 12.9. The zero-order chi connectivity index (χ0) is 14.8. The number of methoxy groups -OCH3 is 1. The van der Waals surface area contributed by atoms with Crippen LogP contribution in [0.3, 0.4) is 0 Å². The van der Waals surface area contributed by atoms with Crippen molar-refractivity contribution in [3.63, 3.8) is 0 Å². The molecule has 3 rings (SSSR count). The molecule has 1 aliphatic rings. The fraction of sp³-hybridized carbons (Fsp3) is 0.118. The highest BCUT2D eigenvalue weighted by Gasteiger charge is 2.19. The maximum atomic E-state index is 11.7. The van der Waals surface area contributed by atoms with Gasteiger partial charge in [0.15, 0.2) is 0 Å². The van der Waals surface area contributed by atoms with E-state index in [0.717, 1.165) is 22.4 Å². The summed E-state index contributed by atoms with van der Waals surface area (Å²) in [5.41, 5.74) is 3.22. The van der Waals surface area contributed by atoms with Gasteiger partial charge in [0.25, 0.3) is 0 Å². The second-order valence-electron chi connectivity index (χ2n) is 4.61. The van der Waals surface area contributed by atoms with Gasteiger partial charge in [-0.25, -0.2) is 4.79 Å². The molecule has 0 unspecified atom stereocenters. The van der Waals surface area contributed by atoms with Crippen LogP contribution < -0.4 is 4.74 Å². The minimum atomic E-state index is -0.373. The topological polar surface area (TPSA) is 35.5 Å². The predicted octanol–water partition coefficient (Wildman–Crippen LogP) is 3.95. The standard InChI is InChI=1S/C17H13ClO3/c1-20-17(19)11-6-7-16-14(10-11)12(8-9-21-16)13-4-2-3-5-15(13)18/h2-8,10H,9H2,1H3. The zero-order valence-corrected chi connectivity index (χ0v) is 12.2. The van der Waals surface area contributed by atoms with Gasteiger partial charge >= 0.3 is 5.97 Å². The number of halogens is 1. The van der Waals surface area contributed by atoms with E-state index in [0.29, 0.717) is 17.2 Å². The molecule has 0 aliphatic carbocycles. The molecular formula is C17H13ClO3. The van der Waals surface area contributed by atoms with Gasteiger partial charge in [0.2, 0.25) is 0 Å². The number of fused-ring (bicyclic) bond motifs is 1. The van der Waals surface area contributed by atoms with Crippen molar-refractivity contribution >= 4 is 23.1 Å². The van der Waals surface area contributed by atoms with Crippen molar-refractivity contribution in [1.29, 1.82) is 0 Å². The highest BCUT2D eigenvalue weighted by atomic mass is 35.5. The fourth-order valence-electron chi connectivity index (χ4n) is 2.37. The maximum absolute atomic E-state index is 11.7. The molecule has 2 aromatic carbocycles. The Hall–Kier alpha value is -2.26. The lowest BCUT2D eigenvalue weighted by atomic mass is 9.94. The van der Waals surface area contributed by atoms with Gasteiger partial charge in [-0.2, -0.15) is 0 Å². The fourth-order valence-corrected chi connectivity index (χ4v) is 2.61. The van der Waals surface area contributed by atoms with Gasteiger partial charge in [-0.3, -0.25) is 0 Å².